The first-order chi connectivity index (χ1) is 15.7. The third-order valence-corrected chi connectivity index (χ3v) is 8.27. The lowest BCUT2D eigenvalue weighted by atomic mass is 9.76. The van der Waals surface area contributed by atoms with Gasteiger partial charge in [-0.15, -0.1) is 0 Å². The first kappa shape index (κ1) is 24.6. The standard InChI is InChI=1S/C24H31BrFN3O3S/c1-29(2)11-6-12-33(30,31)27-15-18-9-10-19-22(16-7-4-3-5-8-16)28-23-20(24(19)32-18)13-17(25)14-21(23)26/h3-5,7-8,13-14,18-19,22,24,27-28H,6,9-12,15H2,1-2H3/t18-,19+,22+,24+/m1/s1. The molecule has 4 rings (SSSR count). The van der Waals surface area contributed by atoms with Gasteiger partial charge >= 0.3 is 0 Å². The van der Waals surface area contributed by atoms with Crippen LogP contribution in [-0.4, -0.2) is 52.4 Å². The van der Waals surface area contributed by atoms with Gasteiger partial charge in [0, 0.05) is 22.5 Å². The topological polar surface area (TPSA) is 70.7 Å². The smallest absolute Gasteiger partial charge is 0.211 e. The van der Waals surface area contributed by atoms with Gasteiger partial charge in [0.15, 0.2) is 0 Å². The molecule has 2 aromatic carbocycles. The molecule has 0 radical (unpaired) electrons. The van der Waals surface area contributed by atoms with Gasteiger partial charge in [-0.25, -0.2) is 17.5 Å². The van der Waals surface area contributed by atoms with Gasteiger partial charge in [0.25, 0.3) is 0 Å². The van der Waals surface area contributed by atoms with Gasteiger partial charge in [-0.1, -0.05) is 46.3 Å². The molecule has 180 valence electrons. The van der Waals surface area contributed by atoms with Crippen molar-refractivity contribution in [2.24, 2.45) is 5.92 Å². The van der Waals surface area contributed by atoms with Gasteiger partial charge < -0.3 is 15.0 Å². The van der Waals surface area contributed by atoms with Crippen LogP contribution < -0.4 is 10.0 Å². The van der Waals surface area contributed by atoms with E-state index in [0.29, 0.717) is 16.6 Å². The lowest BCUT2D eigenvalue weighted by Crippen LogP contribution is -2.43. The zero-order chi connectivity index (χ0) is 23.6. The van der Waals surface area contributed by atoms with Crippen LogP contribution in [0.5, 0.6) is 0 Å². The van der Waals surface area contributed by atoms with Gasteiger partial charge in [0.2, 0.25) is 10.0 Å². The van der Waals surface area contributed by atoms with E-state index < -0.39 is 10.0 Å². The Morgan fingerprint density at radius 1 is 1.21 bits per heavy atom. The van der Waals surface area contributed by atoms with E-state index in [1.165, 1.54) is 6.07 Å². The third-order valence-electron chi connectivity index (χ3n) is 6.38. The van der Waals surface area contributed by atoms with Crippen LogP contribution in [0.25, 0.3) is 0 Å². The van der Waals surface area contributed by atoms with Crippen LogP contribution in [0.3, 0.4) is 0 Å². The molecule has 2 aliphatic rings. The van der Waals surface area contributed by atoms with Crippen molar-refractivity contribution < 1.29 is 17.5 Å². The van der Waals surface area contributed by atoms with E-state index in [1.807, 2.05) is 55.4 Å². The minimum Gasteiger partial charge on any atom is -0.375 e. The Labute approximate surface area is 204 Å². The molecule has 0 aromatic heterocycles. The van der Waals surface area contributed by atoms with Crippen molar-refractivity contribution in [3.05, 3.63) is 63.9 Å². The molecule has 2 N–H and O–H groups in total. The van der Waals surface area contributed by atoms with Gasteiger partial charge in [-0.3, -0.25) is 0 Å². The predicted octanol–water partition coefficient (Wildman–Crippen LogP) is 4.46. The van der Waals surface area contributed by atoms with Gasteiger partial charge in [-0.2, -0.15) is 0 Å². The second kappa shape index (κ2) is 10.4. The number of anilines is 1. The van der Waals surface area contributed by atoms with Crippen molar-refractivity contribution >= 4 is 31.6 Å². The molecule has 0 bridgehead atoms. The van der Waals surface area contributed by atoms with Crippen molar-refractivity contribution in [3.8, 4) is 0 Å². The lowest BCUT2D eigenvalue weighted by Gasteiger charge is -2.45. The molecule has 6 nitrogen and oxygen atoms in total. The molecule has 4 atom stereocenters. The van der Waals surface area contributed by atoms with Crippen LogP contribution in [0.1, 0.15) is 42.5 Å². The minimum absolute atomic E-state index is 0.0805. The number of fused-ring (bicyclic) bond motifs is 3. The molecule has 33 heavy (non-hydrogen) atoms. The van der Waals surface area contributed by atoms with Crippen molar-refractivity contribution in [1.82, 2.24) is 9.62 Å². The molecule has 1 saturated heterocycles. The third kappa shape index (κ3) is 5.95. The number of hydrogen-bond acceptors (Lipinski definition) is 5. The summed E-state index contributed by atoms with van der Waals surface area (Å²) < 4.78 is 49.6. The first-order valence-corrected chi connectivity index (χ1v) is 13.8. The Hall–Kier alpha value is -1.52. The number of hydrogen-bond donors (Lipinski definition) is 2. The Bertz CT molecular complexity index is 1070. The molecule has 2 aliphatic heterocycles. The molecule has 2 heterocycles. The van der Waals surface area contributed by atoms with Gasteiger partial charge in [0.05, 0.1) is 29.7 Å². The maximum absolute atomic E-state index is 14.9. The van der Waals surface area contributed by atoms with E-state index in [4.69, 9.17) is 4.74 Å². The fourth-order valence-corrected chi connectivity index (χ4v) is 6.33. The first-order valence-electron chi connectivity index (χ1n) is 11.3. The summed E-state index contributed by atoms with van der Waals surface area (Å²) in [5, 5.41) is 3.42. The van der Waals surface area contributed by atoms with E-state index in [0.717, 1.165) is 30.5 Å². The van der Waals surface area contributed by atoms with Crippen LogP contribution in [0.2, 0.25) is 0 Å². The predicted molar refractivity (Wildman–Crippen MR) is 132 cm³/mol. The number of rotatable bonds is 8. The van der Waals surface area contributed by atoms with Crippen LogP contribution in [0.4, 0.5) is 10.1 Å². The average molecular weight is 540 g/mol. The van der Waals surface area contributed by atoms with Crippen LogP contribution in [0.15, 0.2) is 46.9 Å². The number of halogens is 2. The fourth-order valence-electron chi connectivity index (χ4n) is 4.79. The number of nitrogens with zero attached hydrogens (tertiary/aromatic N) is 1. The second-order valence-electron chi connectivity index (χ2n) is 9.13. The van der Waals surface area contributed by atoms with E-state index in [2.05, 4.69) is 26.0 Å². The summed E-state index contributed by atoms with van der Waals surface area (Å²) in [7, 11) is 0.477. The van der Waals surface area contributed by atoms with Crippen LogP contribution in [0, 0.1) is 11.7 Å². The Morgan fingerprint density at radius 2 is 1.97 bits per heavy atom. The second-order valence-corrected chi connectivity index (χ2v) is 12.0. The van der Waals surface area contributed by atoms with Crippen molar-refractivity contribution in [1.29, 1.82) is 0 Å². The fraction of sp³-hybridized carbons (Fsp3) is 0.500. The van der Waals surface area contributed by atoms with Crippen molar-refractivity contribution in [2.75, 3.05) is 38.3 Å². The molecule has 1 fully saturated rings. The normalized spacial score (nSPS) is 24.8. The molecule has 0 amide bonds. The lowest BCUT2D eigenvalue weighted by molar-refractivity contribution is -0.0901. The summed E-state index contributed by atoms with van der Waals surface area (Å²) in [6, 6.07) is 13.3. The minimum atomic E-state index is -3.37. The van der Waals surface area contributed by atoms with E-state index in [-0.39, 0.29) is 42.3 Å². The van der Waals surface area contributed by atoms with E-state index in [9.17, 15) is 12.8 Å². The molecular formula is C24H31BrFN3O3S. The zero-order valence-electron chi connectivity index (χ0n) is 18.9. The summed E-state index contributed by atoms with van der Waals surface area (Å²) in [6.07, 6.45) is 1.56. The summed E-state index contributed by atoms with van der Waals surface area (Å²) in [5.41, 5.74) is 2.32. The van der Waals surface area contributed by atoms with Crippen LogP contribution in [-0.2, 0) is 14.8 Å². The largest absolute Gasteiger partial charge is 0.375 e. The van der Waals surface area contributed by atoms with Crippen molar-refractivity contribution in [2.45, 2.75) is 37.5 Å². The summed E-state index contributed by atoms with van der Waals surface area (Å²) in [4.78, 5) is 1.97. The van der Waals surface area contributed by atoms with Gasteiger partial charge in [0.1, 0.15) is 5.82 Å². The summed E-state index contributed by atoms with van der Waals surface area (Å²) in [6.45, 7) is 0.943. The van der Waals surface area contributed by atoms with Crippen molar-refractivity contribution in [3.63, 3.8) is 0 Å². The van der Waals surface area contributed by atoms with Gasteiger partial charge in [-0.05, 0) is 57.6 Å². The monoisotopic (exact) mass is 539 g/mol. The summed E-state index contributed by atoms with van der Waals surface area (Å²) in [5.74, 6) is -0.127. The molecule has 9 heteroatoms. The zero-order valence-corrected chi connectivity index (χ0v) is 21.3. The quantitative estimate of drug-likeness (QED) is 0.518. The highest BCUT2D eigenvalue weighted by Crippen LogP contribution is 2.51. The highest BCUT2D eigenvalue weighted by molar-refractivity contribution is 9.10. The molecular weight excluding hydrogens is 509 g/mol. The molecule has 0 unspecified atom stereocenters. The Kier molecular flexibility index (Phi) is 7.75. The average Bonchev–Trinajstić information content (AvgIpc) is 2.77. The van der Waals surface area contributed by atoms with Crippen LogP contribution >= 0.6 is 15.9 Å². The number of sulfonamides is 1. The van der Waals surface area contributed by atoms with E-state index >= 15 is 0 Å². The molecule has 0 spiro atoms. The molecule has 2 aromatic rings. The maximum atomic E-state index is 14.9. The number of nitrogens with one attached hydrogen (secondary N) is 2. The van der Waals surface area contributed by atoms with E-state index in [1.54, 1.807) is 0 Å². The molecule has 0 aliphatic carbocycles. The number of benzene rings is 2. The Balaban J connectivity index is 1.51. The Morgan fingerprint density at radius 3 is 2.70 bits per heavy atom. The number of ether oxygens (including phenoxy) is 1. The SMILES string of the molecule is CN(C)CCCS(=O)(=O)NC[C@H]1CC[C@@H]2[C@H](O1)c1cc(Br)cc(F)c1N[C@H]2c1ccccc1. The highest BCUT2D eigenvalue weighted by atomic mass is 79.9. The molecule has 0 saturated carbocycles. The highest BCUT2D eigenvalue weighted by Gasteiger charge is 2.43. The maximum Gasteiger partial charge on any atom is 0.211 e. The summed E-state index contributed by atoms with van der Waals surface area (Å²) >= 11 is 3.41.